The highest BCUT2D eigenvalue weighted by atomic mass is 127. The zero-order valence-electron chi connectivity index (χ0n) is 4.90. The molecule has 0 radical (unpaired) electrons. The highest BCUT2D eigenvalue weighted by molar-refractivity contribution is 14.1. The van der Waals surface area contributed by atoms with E-state index in [-0.39, 0.29) is 0 Å². The predicted octanol–water partition coefficient (Wildman–Crippen LogP) is 3.68. The molecule has 0 N–H and O–H groups in total. The fourth-order valence-electron chi connectivity index (χ4n) is 0.246. The van der Waals surface area contributed by atoms with Crippen LogP contribution in [-0.4, -0.2) is 11.1 Å². The second-order valence-electron chi connectivity index (χ2n) is 1.32. The highest BCUT2D eigenvalue weighted by Crippen LogP contribution is 2.23. The number of nitriles is 1. The summed E-state index contributed by atoms with van der Waals surface area (Å²) >= 11 is 9.15. The van der Waals surface area contributed by atoms with E-state index in [0.29, 0.717) is 0 Å². The van der Waals surface area contributed by atoms with E-state index in [0.717, 1.165) is 11.1 Å². The van der Waals surface area contributed by atoms with Crippen molar-refractivity contribution in [1.82, 2.24) is 0 Å². The quantitative estimate of drug-likeness (QED) is 0.377. The number of alkyl halides is 1. The van der Waals surface area contributed by atoms with Gasteiger partial charge in [-0.25, -0.2) is 0 Å². The number of thioether (sulfide) groups is 1. The summed E-state index contributed by atoms with van der Waals surface area (Å²) < 4.78 is 2.53. The summed E-state index contributed by atoms with van der Waals surface area (Å²) in [6.45, 7) is 0. The van der Waals surface area contributed by atoms with Crippen LogP contribution in [0.15, 0.2) is 7.16 Å². The molecular formula is C5H4BrI2NS. The first kappa shape index (κ1) is 11.5. The molecule has 0 aliphatic heterocycles. The Morgan fingerprint density at radius 1 is 1.50 bits per heavy atom. The van der Waals surface area contributed by atoms with Crippen LogP contribution in [0.2, 0.25) is 0 Å². The second-order valence-corrected chi connectivity index (χ2v) is 5.25. The van der Waals surface area contributed by atoms with Crippen molar-refractivity contribution in [3.05, 3.63) is 7.16 Å². The summed E-state index contributed by atoms with van der Waals surface area (Å²) in [6.07, 6.45) is 0. The average Bonchev–Trinajstić information content (AvgIpc) is 1.98. The van der Waals surface area contributed by atoms with Crippen LogP contribution in [0.3, 0.4) is 0 Å². The van der Waals surface area contributed by atoms with Gasteiger partial charge in [-0.15, -0.1) is 0 Å². The summed E-state index contributed by atoms with van der Waals surface area (Å²) in [4.78, 5) is 0. The van der Waals surface area contributed by atoms with Crippen molar-refractivity contribution in [1.29, 1.82) is 5.26 Å². The predicted molar refractivity (Wildman–Crippen MR) is 66.9 cm³/mol. The third-order valence-corrected chi connectivity index (χ3v) is 6.46. The van der Waals surface area contributed by atoms with E-state index in [1.54, 1.807) is 0 Å². The Balaban J connectivity index is 3.82. The monoisotopic (exact) mass is 443 g/mol. The Bertz CT molecular complexity index is 175. The van der Waals surface area contributed by atoms with Gasteiger partial charge in [0.15, 0.2) is 0 Å². The van der Waals surface area contributed by atoms with Gasteiger partial charge < -0.3 is 0 Å². The molecule has 0 aromatic rings. The second kappa shape index (κ2) is 7.18. The van der Waals surface area contributed by atoms with E-state index in [1.807, 2.05) is 5.40 Å². The van der Waals surface area contributed by atoms with Crippen LogP contribution < -0.4 is 0 Å². The molecule has 0 saturated carbocycles. The first-order valence-corrected chi connectivity index (χ1v) is 6.58. The van der Waals surface area contributed by atoms with Crippen LogP contribution in [-0.2, 0) is 0 Å². The molecule has 0 unspecified atom stereocenters. The molecule has 0 heterocycles. The molecule has 0 aliphatic carbocycles. The van der Waals surface area contributed by atoms with E-state index < -0.39 is 0 Å². The van der Waals surface area contributed by atoms with Gasteiger partial charge in [0.1, 0.15) is 5.40 Å². The molecule has 0 rings (SSSR count). The Labute approximate surface area is 100 Å². The topological polar surface area (TPSA) is 23.8 Å². The Hall–Kier alpha value is 1.52. The smallest absolute Gasteiger partial charge is 0.133 e. The minimum absolute atomic E-state index is 0.806. The minimum Gasteiger partial charge on any atom is -0.185 e. The molecule has 0 bridgehead atoms. The van der Waals surface area contributed by atoms with Gasteiger partial charge in [0, 0.05) is 18.2 Å². The minimum atomic E-state index is 0.806. The van der Waals surface area contributed by atoms with E-state index in [1.165, 1.54) is 18.9 Å². The van der Waals surface area contributed by atoms with E-state index in [9.17, 15) is 0 Å². The average molecular weight is 444 g/mol. The first-order valence-electron chi connectivity index (χ1n) is 2.32. The number of nitrogens with zero attached hydrogens (tertiary/aromatic N) is 1. The van der Waals surface area contributed by atoms with Crippen molar-refractivity contribution in [2.45, 2.75) is 0 Å². The third kappa shape index (κ3) is 5.21. The van der Waals surface area contributed by atoms with E-state index >= 15 is 0 Å². The molecule has 1 nitrogen and oxygen atoms in total. The molecule has 56 valence electrons. The number of hydrogen-bond donors (Lipinski definition) is 0. The van der Waals surface area contributed by atoms with Gasteiger partial charge in [-0.05, 0) is 56.9 Å². The largest absolute Gasteiger partial charge is 0.185 e. The molecule has 0 spiro atoms. The van der Waals surface area contributed by atoms with Gasteiger partial charge in [0.2, 0.25) is 0 Å². The van der Waals surface area contributed by atoms with Crippen LogP contribution in [0.4, 0.5) is 0 Å². The molecule has 0 saturated heterocycles. The number of halogens is 3. The van der Waals surface area contributed by atoms with Crippen molar-refractivity contribution >= 4 is 72.9 Å². The summed E-state index contributed by atoms with van der Waals surface area (Å²) in [6, 6.07) is 0. The summed E-state index contributed by atoms with van der Waals surface area (Å²) in [5.41, 5.74) is 0. The van der Waals surface area contributed by atoms with Crippen molar-refractivity contribution in [2.24, 2.45) is 0 Å². The zero-order valence-corrected chi connectivity index (χ0v) is 11.6. The summed E-state index contributed by atoms with van der Waals surface area (Å²) in [5, 5.41) is 11.2. The van der Waals surface area contributed by atoms with Crippen LogP contribution in [0.25, 0.3) is 0 Å². The maximum absolute atomic E-state index is 8.24. The van der Waals surface area contributed by atoms with Crippen LogP contribution in [0.1, 0.15) is 0 Å². The number of thiocyanates is 1. The summed E-state index contributed by atoms with van der Waals surface area (Å²) in [5.74, 6) is 0.806. The lowest BCUT2D eigenvalue weighted by molar-refractivity contribution is 1.56. The fourth-order valence-corrected chi connectivity index (χ4v) is 2.58. The molecule has 0 amide bonds. The van der Waals surface area contributed by atoms with Crippen molar-refractivity contribution < 1.29 is 0 Å². The van der Waals surface area contributed by atoms with Gasteiger partial charge in [0.05, 0.1) is 0 Å². The standard InChI is InChI=1S/C5H4BrI2NS/c6-1-4(7)5(8)2-10-3-9/h1-2H2/b5-4+. The zero-order chi connectivity index (χ0) is 7.98. The Morgan fingerprint density at radius 3 is 2.50 bits per heavy atom. The molecule has 0 aromatic carbocycles. The normalized spacial score (nSPS) is 12.2. The van der Waals surface area contributed by atoms with E-state index in [2.05, 4.69) is 61.1 Å². The lowest BCUT2D eigenvalue weighted by Crippen LogP contribution is -1.81. The molecule has 5 heteroatoms. The molecule has 0 fully saturated rings. The Kier molecular flexibility index (Phi) is 8.28. The molecule has 0 aliphatic rings. The van der Waals surface area contributed by atoms with Gasteiger partial charge in [0.25, 0.3) is 0 Å². The van der Waals surface area contributed by atoms with Gasteiger partial charge in [-0.2, -0.15) is 5.26 Å². The molecule has 0 aromatic heterocycles. The van der Waals surface area contributed by atoms with Crippen LogP contribution in [0.5, 0.6) is 0 Å². The van der Waals surface area contributed by atoms with Crippen molar-refractivity contribution in [3.63, 3.8) is 0 Å². The Morgan fingerprint density at radius 2 is 2.10 bits per heavy atom. The SMILES string of the molecule is N#CSC/C(I)=C(\I)CBr. The third-order valence-electron chi connectivity index (χ3n) is 0.675. The maximum Gasteiger partial charge on any atom is 0.133 e. The number of hydrogen-bond acceptors (Lipinski definition) is 2. The first-order chi connectivity index (χ1) is 4.72. The van der Waals surface area contributed by atoms with E-state index in [4.69, 9.17) is 5.26 Å². The van der Waals surface area contributed by atoms with Gasteiger partial charge in [-0.3, -0.25) is 0 Å². The lowest BCUT2D eigenvalue weighted by atomic mass is 10.6. The van der Waals surface area contributed by atoms with Crippen LogP contribution in [0, 0.1) is 10.7 Å². The highest BCUT2D eigenvalue weighted by Gasteiger charge is 1.98. The summed E-state index contributed by atoms with van der Waals surface area (Å²) in [7, 11) is 0. The maximum atomic E-state index is 8.24. The number of allylic oxidation sites excluding steroid dienone is 1. The van der Waals surface area contributed by atoms with Gasteiger partial charge >= 0.3 is 0 Å². The van der Waals surface area contributed by atoms with Crippen molar-refractivity contribution in [3.8, 4) is 5.40 Å². The van der Waals surface area contributed by atoms with Crippen LogP contribution >= 0.6 is 72.9 Å². The molecular weight excluding hydrogens is 440 g/mol. The molecule has 0 atom stereocenters. The van der Waals surface area contributed by atoms with Gasteiger partial charge in [-0.1, -0.05) is 15.9 Å². The lowest BCUT2D eigenvalue weighted by Gasteiger charge is -1.96. The number of rotatable bonds is 3. The molecule has 10 heavy (non-hydrogen) atoms. The fraction of sp³-hybridized carbons (Fsp3) is 0.400. The van der Waals surface area contributed by atoms with Crippen molar-refractivity contribution in [2.75, 3.05) is 11.1 Å².